The Kier molecular flexibility index (Phi) is 3.96. The van der Waals surface area contributed by atoms with E-state index in [-0.39, 0.29) is 12.1 Å². The van der Waals surface area contributed by atoms with E-state index in [1.165, 1.54) is 6.07 Å². The molecule has 74 valence electrons. The van der Waals surface area contributed by atoms with Crippen molar-refractivity contribution in [1.82, 2.24) is 4.98 Å². The van der Waals surface area contributed by atoms with Gasteiger partial charge in [-0.15, -0.1) is 0 Å². The minimum absolute atomic E-state index is 0.127. The molecule has 1 aromatic heterocycles. The fourth-order valence-corrected chi connectivity index (χ4v) is 1.34. The van der Waals surface area contributed by atoms with Crippen molar-refractivity contribution in [3.63, 3.8) is 0 Å². The van der Waals surface area contributed by atoms with Gasteiger partial charge in [-0.2, -0.15) is 5.26 Å². The summed E-state index contributed by atoms with van der Waals surface area (Å²) in [5, 5.41) is 8.85. The zero-order valence-electron chi connectivity index (χ0n) is 7.17. The van der Waals surface area contributed by atoms with Crippen LogP contribution in [0.25, 0.3) is 0 Å². The number of hydrogen-bond donors (Lipinski definition) is 0. The Morgan fingerprint density at radius 3 is 2.71 bits per heavy atom. The fourth-order valence-electron chi connectivity index (χ4n) is 1.05. The van der Waals surface area contributed by atoms with Crippen LogP contribution in [-0.2, 0) is 11.8 Å². The first kappa shape index (κ1) is 11.1. The lowest BCUT2D eigenvalue weighted by atomic mass is 10.1. The van der Waals surface area contributed by atoms with Gasteiger partial charge in [0.25, 0.3) is 6.43 Å². The van der Waals surface area contributed by atoms with Gasteiger partial charge in [0.2, 0.25) is 0 Å². The molecule has 0 bridgehead atoms. The Labute approximate surface area is 88.7 Å². The third kappa shape index (κ3) is 2.74. The van der Waals surface area contributed by atoms with Crippen LogP contribution in [0.15, 0.2) is 12.1 Å². The van der Waals surface area contributed by atoms with E-state index in [4.69, 9.17) is 5.26 Å². The third-order valence-corrected chi connectivity index (χ3v) is 2.18. The van der Waals surface area contributed by atoms with Crippen LogP contribution in [0.5, 0.6) is 0 Å². The first-order chi connectivity index (χ1) is 6.67. The Balaban J connectivity index is 3.08. The Bertz CT molecular complexity index is 360. The van der Waals surface area contributed by atoms with Crippen LogP contribution >= 0.6 is 15.9 Å². The number of rotatable bonds is 3. The van der Waals surface area contributed by atoms with Crippen LogP contribution < -0.4 is 0 Å². The second kappa shape index (κ2) is 5.01. The van der Waals surface area contributed by atoms with E-state index in [1.807, 2.05) is 6.07 Å². The number of hydrogen-bond acceptors (Lipinski definition) is 2. The van der Waals surface area contributed by atoms with Crippen molar-refractivity contribution in [3.8, 4) is 6.07 Å². The van der Waals surface area contributed by atoms with Gasteiger partial charge in [0.05, 0.1) is 18.2 Å². The largest absolute Gasteiger partial charge is 0.280 e. The second-order valence-electron chi connectivity index (χ2n) is 2.66. The van der Waals surface area contributed by atoms with E-state index in [2.05, 4.69) is 20.9 Å². The maximum absolute atomic E-state index is 12.3. The molecule has 0 aliphatic heterocycles. The number of pyridine rings is 1. The van der Waals surface area contributed by atoms with E-state index in [1.54, 1.807) is 6.07 Å². The zero-order chi connectivity index (χ0) is 10.6. The van der Waals surface area contributed by atoms with E-state index in [0.29, 0.717) is 16.6 Å². The van der Waals surface area contributed by atoms with Gasteiger partial charge >= 0.3 is 0 Å². The van der Waals surface area contributed by atoms with Crippen molar-refractivity contribution in [2.75, 3.05) is 0 Å². The molecular formula is C9H7BrF2N2. The number of nitriles is 1. The lowest BCUT2D eigenvalue weighted by Gasteiger charge is -2.04. The first-order valence-corrected chi connectivity index (χ1v) is 5.00. The lowest BCUT2D eigenvalue weighted by molar-refractivity contribution is 0.146. The smallest absolute Gasteiger partial charge is 0.251 e. The molecule has 0 aromatic carbocycles. The maximum atomic E-state index is 12.3. The standard InChI is InChI=1S/C9H7BrF2N2/c10-5-7-3-6(1-2-13)4-8(14-7)9(11)12/h3-4,9H,1,5H2. The molecule has 0 saturated heterocycles. The van der Waals surface area contributed by atoms with Gasteiger partial charge in [-0.05, 0) is 17.7 Å². The summed E-state index contributed by atoms with van der Waals surface area (Å²) in [6.07, 6.45) is -2.46. The van der Waals surface area contributed by atoms with Crippen molar-refractivity contribution in [1.29, 1.82) is 5.26 Å². The predicted molar refractivity (Wildman–Crippen MR) is 51.1 cm³/mol. The Morgan fingerprint density at radius 1 is 1.50 bits per heavy atom. The molecule has 0 N–H and O–H groups in total. The Hall–Kier alpha value is -1.02. The number of nitrogens with zero attached hydrogens (tertiary/aromatic N) is 2. The van der Waals surface area contributed by atoms with Gasteiger partial charge in [-0.3, -0.25) is 4.98 Å². The highest BCUT2D eigenvalue weighted by atomic mass is 79.9. The minimum Gasteiger partial charge on any atom is -0.251 e. The molecule has 0 radical (unpaired) electrons. The van der Waals surface area contributed by atoms with Crippen LogP contribution in [-0.4, -0.2) is 4.98 Å². The highest BCUT2D eigenvalue weighted by molar-refractivity contribution is 9.08. The number of aromatic nitrogens is 1. The van der Waals surface area contributed by atoms with E-state index >= 15 is 0 Å². The van der Waals surface area contributed by atoms with Gasteiger partial charge in [0, 0.05) is 5.33 Å². The third-order valence-electron chi connectivity index (χ3n) is 1.60. The molecule has 0 saturated carbocycles. The van der Waals surface area contributed by atoms with Crippen molar-refractivity contribution in [2.24, 2.45) is 0 Å². The molecule has 0 aliphatic carbocycles. The maximum Gasteiger partial charge on any atom is 0.280 e. The summed E-state index contributed by atoms with van der Waals surface area (Å²) in [5.41, 5.74) is 0.826. The van der Waals surface area contributed by atoms with Crippen LogP contribution in [0.4, 0.5) is 8.78 Å². The van der Waals surface area contributed by atoms with Crippen molar-refractivity contribution >= 4 is 15.9 Å². The molecule has 1 rings (SSSR count). The highest BCUT2D eigenvalue weighted by Gasteiger charge is 2.11. The van der Waals surface area contributed by atoms with Gasteiger partial charge in [-0.25, -0.2) is 8.78 Å². The molecule has 0 atom stereocenters. The summed E-state index contributed by atoms with van der Waals surface area (Å²) in [6, 6.07) is 4.82. The summed E-state index contributed by atoms with van der Waals surface area (Å²) in [6.45, 7) is 0. The number of halogens is 3. The van der Waals surface area contributed by atoms with Gasteiger partial charge in [0.1, 0.15) is 5.69 Å². The molecule has 1 aromatic rings. The second-order valence-corrected chi connectivity index (χ2v) is 3.22. The summed E-state index contributed by atoms with van der Waals surface area (Å²) >= 11 is 3.14. The molecule has 2 nitrogen and oxygen atoms in total. The molecule has 0 fully saturated rings. The van der Waals surface area contributed by atoms with Crippen LogP contribution in [0.3, 0.4) is 0 Å². The molecule has 0 spiro atoms. The predicted octanol–water partition coefficient (Wildman–Crippen LogP) is 2.98. The first-order valence-electron chi connectivity index (χ1n) is 3.88. The minimum atomic E-state index is -2.59. The highest BCUT2D eigenvalue weighted by Crippen LogP contribution is 2.19. The zero-order valence-corrected chi connectivity index (χ0v) is 8.76. The molecule has 5 heteroatoms. The van der Waals surface area contributed by atoms with Crippen molar-refractivity contribution < 1.29 is 8.78 Å². The van der Waals surface area contributed by atoms with Gasteiger partial charge in [-0.1, -0.05) is 15.9 Å². The quantitative estimate of drug-likeness (QED) is 0.784. The lowest BCUT2D eigenvalue weighted by Crippen LogP contribution is -1.97. The fraction of sp³-hybridized carbons (Fsp3) is 0.333. The van der Waals surface area contributed by atoms with Crippen LogP contribution in [0.1, 0.15) is 23.4 Å². The molecule has 0 aliphatic rings. The average molecular weight is 261 g/mol. The summed E-state index contributed by atoms with van der Waals surface area (Å²) in [7, 11) is 0. The average Bonchev–Trinajstić information content (AvgIpc) is 2.17. The monoisotopic (exact) mass is 260 g/mol. The van der Waals surface area contributed by atoms with Gasteiger partial charge < -0.3 is 0 Å². The Morgan fingerprint density at radius 2 is 2.21 bits per heavy atom. The SMILES string of the molecule is N#CCc1cc(CBr)nc(C(F)F)c1. The van der Waals surface area contributed by atoms with Crippen LogP contribution in [0, 0.1) is 11.3 Å². The molecule has 0 amide bonds. The summed E-state index contributed by atoms with van der Waals surface area (Å²) in [4.78, 5) is 3.73. The van der Waals surface area contributed by atoms with E-state index in [0.717, 1.165) is 0 Å². The van der Waals surface area contributed by atoms with Crippen molar-refractivity contribution in [3.05, 3.63) is 29.1 Å². The topological polar surface area (TPSA) is 36.7 Å². The van der Waals surface area contributed by atoms with Crippen molar-refractivity contribution in [2.45, 2.75) is 18.2 Å². The van der Waals surface area contributed by atoms with Gasteiger partial charge in [0.15, 0.2) is 0 Å². The summed E-state index contributed by atoms with van der Waals surface area (Å²) < 4.78 is 24.7. The molecule has 14 heavy (non-hydrogen) atoms. The molecule has 1 heterocycles. The molecule has 0 unspecified atom stereocenters. The summed E-state index contributed by atoms with van der Waals surface area (Å²) in [5.74, 6) is 0. The van der Waals surface area contributed by atoms with E-state index in [9.17, 15) is 8.78 Å². The van der Waals surface area contributed by atoms with Crippen LogP contribution in [0.2, 0.25) is 0 Å². The number of alkyl halides is 3. The normalized spacial score (nSPS) is 10.2. The van der Waals surface area contributed by atoms with E-state index < -0.39 is 6.43 Å². The molecular weight excluding hydrogens is 254 g/mol.